The van der Waals surface area contributed by atoms with E-state index in [4.69, 9.17) is 5.11 Å². The number of carbonyl (C=O) groups excluding carboxylic acids is 1. The quantitative estimate of drug-likeness (QED) is 0.795. The van der Waals surface area contributed by atoms with Gasteiger partial charge in [-0.2, -0.15) is 0 Å². The zero-order valence-corrected chi connectivity index (χ0v) is 13.4. The Kier molecular flexibility index (Phi) is 6.55. The van der Waals surface area contributed by atoms with Crippen LogP contribution in [0.15, 0.2) is 28.7 Å². The van der Waals surface area contributed by atoms with Crippen LogP contribution in [-0.4, -0.2) is 35.0 Å². The molecule has 0 spiro atoms. The van der Waals surface area contributed by atoms with Crippen molar-refractivity contribution in [2.24, 2.45) is 5.92 Å². The van der Waals surface area contributed by atoms with Gasteiger partial charge in [0.2, 0.25) is 5.91 Å². The van der Waals surface area contributed by atoms with Crippen molar-refractivity contribution in [3.05, 3.63) is 40.1 Å². The Labute approximate surface area is 131 Å². The predicted octanol–water partition coefficient (Wildman–Crippen LogP) is 3.17. The summed E-state index contributed by atoms with van der Waals surface area (Å²) in [6, 6.07) is 4.39. The fourth-order valence-corrected chi connectivity index (χ4v) is 2.12. The van der Waals surface area contributed by atoms with Crippen LogP contribution >= 0.6 is 15.9 Å². The Hall–Kier alpha value is -1.69. The molecule has 0 aliphatic rings. The number of hydrogen-bond acceptors (Lipinski definition) is 2. The number of carboxylic acids is 1. The van der Waals surface area contributed by atoms with Gasteiger partial charge in [-0.15, -0.1) is 0 Å². The molecule has 21 heavy (non-hydrogen) atoms. The topological polar surface area (TPSA) is 57.6 Å². The Balaban J connectivity index is 2.86. The first-order valence-corrected chi connectivity index (χ1v) is 7.22. The molecule has 1 N–H and O–H groups in total. The maximum absolute atomic E-state index is 13.6. The number of aliphatic carboxylic acids is 1. The number of carboxylic acid groups (broad SMARTS) is 1. The number of benzene rings is 1. The first-order chi connectivity index (χ1) is 9.79. The zero-order chi connectivity index (χ0) is 16.0. The van der Waals surface area contributed by atoms with Gasteiger partial charge >= 0.3 is 5.97 Å². The van der Waals surface area contributed by atoms with Gasteiger partial charge in [-0.3, -0.25) is 9.59 Å². The third kappa shape index (κ3) is 6.08. The summed E-state index contributed by atoms with van der Waals surface area (Å²) < 4.78 is 14.2. The van der Waals surface area contributed by atoms with E-state index in [1.807, 2.05) is 13.8 Å². The Morgan fingerprint density at radius 3 is 2.67 bits per heavy atom. The molecule has 1 amide bonds. The highest BCUT2D eigenvalue weighted by atomic mass is 79.9. The summed E-state index contributed by atoms with van der Waals surface area (Å²) in [5.41, 5.74) is 0.262. The molecule has 0 aromatic heterocycles. The van der Waals surface area contributed by atoms with Crippen molar-refractivity contribution in [3.63, 3.8) is 0 Å². The molecule has 0 radical (unpaired) electrons. The minimum atomic E-state index is -1.08. The van der Waals surface area contributed by atoms with Crippen LogP contribution in [0, 0.1) is 11.7 Å². The Morgan fingerprint density at radius 1 is 1.43 bits per heavy atom. The molecule has 0 bridgehead atoms. The lowest BCUT2D eigenvalue weighted by molar-refractivity contribution is -0.143. The summed E-state index contributed by atoms with van der Waals surface area (Å²) in [4.78, 5) is 24.0. The van der Waals surface area contributed by atoms with E-state index < -0.39 is 17.7 Å². The molecule has 0 fully saturated rings. The lowest BCUT2D eigenvalue weighted by Crippen LogP contribution is -2.37. The largest absolute Gasteiger partial charge is 0.480 e. The third-order valence-electron chi connectivity index (χ3n) is 2.59. The van der Waals surface area contributed by atoms with Gasteiger partial charge in [0.1, 0.15) is 12.4 Å². The van der Waals surface area contributed by atoms with Gasteiger partial charge < -0.3 is 10.0 Å². The molecule has 1 rings (SSSR count). The van der Waals surface area contributed by atoms with E-state index in [9.17, 15) is 14.0 Å². The molecular formula is C15H17BrFNO3. The molecular weight excluding hydrogens is 341 g/mol. The van der Waals surface area contributed by atoms with E-state index in [1.165, 1.54) is 23.1 Å². The van der Waals surface area contributed by atoms with Crippen LogP contribution in [0.5, 0.6) is 0 Å². The Morgan fingerprint density at radius 2 is 2.10 bits per heavy atom. The lowest BCUT2D eigenvalue weighted by atomic mass is 10.2. The standard InChI is InChI=1S/C15H17BrFNO3/c1-10(2)8-18(9-15(20)21)14(19)6-3-11-7-12(16)4-5-13(11)17/h3-7,10H,8-9H2,1-2H3,(H,20,21). The molecule has 4 nitrogen and oxygen atoms in total. The van der Waals surface area contributed by atoms with Crippen LogP contribution in [0.4, 0.5) is 4.39 Å². The van der Waals surface area contributed by atoms with Crippen LogP contribution in [0.25, 0.3) is 6.08 Å². The second-order valence-corrected chi connectivity index (χ2v) is 5.92. The molecule has 0 aliphatic carbocycles. The van der Waals surface area contributed by atoms with Gasteiger partial charge in [0.05, 0.1) is 0 Å². The van der Waals surface area contributed by atoms with E-state index in [-0.39, 0.29) is 18.0 Å². The van der Waals surface area contributed by atoms with Gasteiger partial charge in [-0.25, -0.2) is 4.39 Å². The fourth-order valence-electron chi connectivity index (χ4n) is 1.75. The maximum Gasteiger partial charge on any atom is 0.323 e. The van der Waals surface area contributed by atoms with Gasteiger partial charge in [0.25, 0.3) is 0 Å². The summed E-state index contributed by atoms with van der Waals surface area (Å²) >= 11 is 3.22. The molecule has 0 saturated carbocycles. The molecule has 114 valence electrons. The van der Waals surface area contributed by atoms with Crippen molar-refractivity contribution >= 4 is 33.9 Å². The molecule has 0 atom stereocenters. The molecule has 1 aromatic rings. The highest BCUT2D eigenvalue weighted by Crippen LogP contribution is 2.17. The summed E-state index contributed by atoms with van der Waals surface area (Å²) in [5, 5.41) is 8.83. The summed E-state index contributed by atoms with van der Waals surface area (Å²) in [6.45, 7) is 3.73. The highest BCUT2D eigenvalue weighted by molar-refractivity contribution is 9.10. The number of hydrogen-bond donors (Lipinski definition) is 1. The van der Waals surface area contributed by atoms with Crippen molar-refractivity contribution in [2.45, 2.75) is 13.8 Å². The summed E-state index contributed by atoms with van der Waals surface area (Å²) in [5.74, 6) is -1.84. The SMILES string of the molecule is CC(C)CN(CC(=O)O)C(=O)C=Cc1cc(Br)ccc1F. The second-order valence-electron chi connectivity index (χ2n) is 5.01. The third-order valence-corrected chi connectivity index (χ3v) is 3.08. The van der Waals surface area contributed by atoms with Crippen LogP contribution in [0.3, 0.4) is 0 Å². The normalized spacial score (nSPS) is 11.1. The Bertz CT molecular complexity index is 558. The van der Waals surface area contributed by atoms with Crippen molar-refractivity contribution in [3.8, 4) is 0 Å². The monoisotopic (exact) mass is 357 g/mol. The maximum atomic E-state index is 13.6. The van der Waals surface area contributed by atoms with Crippen molar-refractivity contribution in [2.75, 3.05) is 13.1 Å². The number of halogens is 2. The minimum Gasteiger partial charge on any atom is -0.480 e. The van der Waals surface area contributed by atoms with Crippen LogP contribution in [-0.2, 0) is 9.59 Å². The van der Waals surface area contributed by atoms with Crippen molar-refractivity contribution in [1.82, 2.24) is 4.90 Å². The molecule has 0 aliphatic heterocycles. The molecule has 6 heteroatoms. The molecule has 0 saturated heterocycles. The number of amides is 1. The second kappa shape index (κ2) is 7.93. The van der Waals surface area contributed by atoms with Gasteiger partial charge in [-0.05, 0) is 30.2 Å². The average Bonchev–Trinajstić information content (AvgIpc) is 2.37. The predicted molar refractivity (Wildman–Crippen MR) is 82.2 cm³/mol. The van der Waals surface area contributed by atoms with Crippen LogP contribution in [0.2, 0.25) is 0 Å². The van der Waals surface area contributed by atoms with E-state index >= 15 is 0 Å². The van der Waals surface area contributed by atoms with Gasteiger partial charge in [0.15, 0.2) is 0 Å². The summed E-state index contributed by atoms with van der Waals surface area (Å²) in [6.07, 6.45) is 2.54. The smallest absolute Gasteiger partial charge is 0.323 e. The molecule has 1 aromatic carbocycles. The van der Waals surface area contributed by atoms with Crippen LogP contribution < -0.4 is 0 Å². The fraction of sp³-hybridized carbons (Fsp3) is 0.333. The lowest BCUT2D eigenvalue weighted by Gasteiger charge is -2.21. The van der Waals surface area contributed by atoms with Crippen molar-refractivity contribution < 1.29 is 19.1 Å². The first kappa shape index (κ1) is 17.4. The number of carbonyl (C=O) groups is 2. The highest BCUT2D eigenvalue weighted by Gasteiger charge is 2.15. The zero-order valence-electron chi connectivity index (χ0n) is 11.8. The number of rotatable bonds is 6. The number of nitrogens with zero attached hydrogens (tertiary/aromatic N) is 1. The van der Waals surface area contributed by atoms with E-state index in [0.29, 0.717) is 11.0 Å². The molecule has 0 unspecified atom stereocenters. The van der Waals surface area contributed by atoms with E-state index in [0.717, 1.165) is 0 Å². The summed E-state index contributed by atoms with van der Waals surface area (Å²) in [7, 11) is 0. The van der Waals surface area contributed by atoms with Crippen molar-refractivity contribution in [1.29, 1.82) is 0 Å². The van der Waals surface area contributed by atoms with E-state index in [2.05, 4.69) is 15.9 Å². The van der Waals surface area contributed by atoms with Gasteiger partial charge in [0, 0.05) is 22.7 Å². The average molecular weight is 358 g/mol. The van der Waals surface area contributed by atoms with Gasteiger partial charge in [-0.1, -0.05) is 29.8 Å². The van der Waals surface area contributed by atoms with E-state index in [1.54, 1.807) is 12.1 Å². The van der Waals surface area contributed by atoms with Crippen LogP contribution in [0.1, 0.15) is 19.4 Å². The minimum absolute atomic E-state index is 0.143. The first-order valence-electron chi connectivity index (χ1n) is 6.43. The molecule has 0 heterocycles.